The molecule has 1 N–H and O–H groups in total. The zero-order valence-corrected chi connectivity index (χ0v) is 10.9. The molecule has 1 aliphatic rings. The minimum Gasteiger partial charge on any atom is -0.497 e. The highest BCUT2D eigenvalue weighted by molar-refractivity contribution is 5.58. The lowest BCUT2D eigenvalue weighted by Crippen LogP contribution is -2.21. The van der Waals surface area contributed by atoms with Gasteiger partial charge in [-0.15, -0.1) is 10.2 Å². The summed E-state index contributed by atoms with van der Waals surface area (Å²) in [5.74, 6) is 2.57. The standard InChI is InChI=1S/C14H17N3O2/c1-19-12-6-2-4-10(8-12)14-16-15-13-7-3-5-11(9-18)17(13)14/h2,4,6,8,11,18H,3,5,7,9H2,1H3. The van der Waals surface area contributed by atoms with Gasteiger partial charge in [0.2, 0.25) is 0 Å². The van der Waals surface area contributed by atoms with Crippen molar-refractivity contribution in [2.75, 3.05) is 13.7 Å². The number of nitrogens with zero attached hydrogens (tertiary/aromatic N) is 3. The molecule has 0 saturated heterocycles. The highest BCUT2D eigenvalue weighted by atomic mass is 16.5. The van der Waals surface area contributed by atoms with Gasteiger partial charge in [0, 0.05) is 12.0 Å². The van der Waals surface area contributed by atoms with Crippen molar-refractivity contribution in [3.63, 3.8) is 0 Å². The first-order valence-corrected chi connectivity index (χ1v) is 6.52. The van der Waals surface area contributed by atoms with Gasteiger partial charge in [-0.05, 0) is 25.0 Å². The maximum absolute atomic E-state index is 9.53. The lowest BCUT2D eigenvalue weighted by Gasteiger charge is -2.24. The minimum atomic E-state index is 0.0833. The average Bonchev–Trinajstić information content (AvgIpc) is 2.91. The zero-order chi connectivity index (χ0) is 13.2. The molecule has 1 aromatic heterocycles. The second kappa shape index (κ2) is 5.01. The van der Waals surface area contributed by atoms with Crippen LogP contribution in [0.4, 0.5) is 0 Å². The van der Waals surface area contributed by atoms with Gasteiger partial charge in [0.15, 0.2) is 5.82 Å². The number of aryl methyl sites for hydroxylation is 1. The van der Waals surface area contributed by atoms with Crippen LogP contribution < -0.4 is 4.74 Å². The summed E-state index contributed by atoms with van der Waals surface area (Å²) in [7, 11) is 1.65. The number of aromatic nitrogens is 3. The molecular weight excluding hydrogens is 242 g/mol. The molecule has 2 aromatic rings. The number of methoxy groups -OCH3 is 1. The predicted octanol–water partition coefficient (Wildman–Crippen LogP) is 1.82. The van der Waals surface area contributed by atoms with Gasteiger partial charge in [-0.3, -0.25) is 0 Å². The number of benzene rings is 1. The normalized spacial score (nSPS) is 18.1. The Morgan fingerprint density at radius 1 is 1.42 bits per heavy atom. The van der Waals surface area contributed by atoms with E-state index in [1.54, 1.807) is 7.11 Å². The first-order valence-electron chi connectivity index (χ1n) is 6.52. The fraction of sp³-hybridized carbons (Fsp3) is 0.429. The Kier molecular flexibility index (Phi) is 3.21. The van der Waals surface area contributed by atoms with E-state index in [1.807, 2.05) is 24.3 Å². The van der Waals surface area contributed by atoms with E-state index in [4.69, 9.17) is 4.74 Å². The Morgan fingerprint density at radius 3 is 3.11 bits per heavy atom. The third-order valence-electron chi connectivity index (χ3n) is 3.61. The Labute approximate surface area is 111 Å². The van der Waals surface area contributed by atoms with Crippen molar-refractivity contribution < 1.29 is 9.84 Å². The van der Waals surface area contributed by atoms with Crippen LogP contribution in [0.5, 0.6) is 5.75 Å². The van der Waals surface area contributed by atoms with Crippen LogP contribution in [0.15, 0.2) is 24.3 Å². The fourth-order valence-electron chi connectivity index (χ4n) is 2.63. The molecule has 1 aromatic carbocycles. The fourth-order valence-corrected chi connectivity index (χ4v) is 2.63. The second-order valence-electron chi connectivity index (χ2n) is 4.77. The smallest absolute Gasteiger partial charge is 0.164 e. The van der Waals surface area contributed by atoms with Crippen molar-refractivity contribution >= 4 is 0 Å². The molecule has 5 nitrogen and oxygen atoms in total. The Hall–Kier alpha value is -1.88. The van der Waals surface area contributed by atoms with E-state index in [0.717, 1.165) is 42.2 Å². The van der Waals surface area contributed by atoms with Crippen molar-refractivity contribution in [1.29, 1.82) is 0 Å². The largest absolute Gasteiger partial charge is 0.497 e. The van der Waals surface area contributed by atoms with Gasteiger partial charge in [-0.1, -0.05) is 12.1 Å². The van der Waals surface area contributed by atoms with E-state index in [0.29, 0.717) is 0 Å². The predicted molar refractivity (Wildman–Crippen MR) is 71.1 cm³/mol. The molecule has 0 amide bonds. The lowest BCUT2D eigenvalue weighted by molar-refractivity contribution is 0.207. The summed E-state index contributed by atoms with van der Waals surface area (Å²) >= 11 is 0. The molecule has 0 aliphatic carbocycles. The van der Waals surface area contributed by atoms with E-state index in [9.17, 15) is 5.11 Å². The van der Waals surface area contributed by atoms with Crippen molar-refractivity contribution in [1.82, 2.24) is 14.8 Å². The number of fused-ring (bicyclic) bond motifs is 1. The first-order chi connectivity index (χ1) is 9.33. The van der Waals surface area contributed by atoms with Gasteiger partial charge in [-0.2, -0.15) is 0 Å². The molecule has 5 heteroatoms. The molecule has 1 unspecified atom stereocenters. The van der Waals surface area contributed by atoms with Crippen molar-refractivity contribution in [2.24, 2.45) is 0 Å². The van der Waals surface area contributed by atoms with Crippen molar-refractivity contribution in [2.45, 2.75) is 25.3 Å². The van der Waals surface area contributed by atoms with Gasteiger partial charge < -0.3 is 14.4 Å². The number of ether oxygens (including phenoxy) is 1. The quantitative estimate of drug-likeness (QED) is 0.913. The Morgan fingerprint density at radius 2 is 2.32 bits per heavy atom. The first kappa shape index (κ1) is 12.2. The number of aliphatic hydroxyl groups is 1. The maximum Gasteiger partial charge on any atom is 0.164 e. The van der Waals surface area contributed by atoms with E-state index < -0.39 is 0 Å². The third-order valence-corrected chi connectivity index (χ3v) is 3.61. The molecule has 1 atom stereocenters. The van der Waals surface area contributed by atoms with Crippen LogP contribution >= 0.6 is 0 Å². The van der Waals surface area contributed by atoms with Gasteiger partial charge in [0.05, 0.1) is 19.8 Å². The third kappa shape index (κ3) is 2.10. The summed E-state index contributed by atoms with van der Waals surface area (Å²) in [4.78, 5) is 0. The molecule has 2 heterocycles. The topological polar surface area (TPSA) is 60.2 Å². The molecule has 1 aliphatic heterocycles. The van der Waals surface area contributed by atoms with Gasteiger partial charge in [0.25, 0.3) is 0 Å². The highest BCUT2D eigenvalue weighted by Crippen LogP contribution is 2.30. The monoisotopic (exact) mass is 259 g/mol. The van der Waals surface area contributed by atoms with Gasteiger partial charge in [-0.25, -0.2) is 0 Å². The summed E-state index contributed by atoms with van der Waals surface area (Å²) in [6.07, 6.45) is 2.95. The molecule has 0 radical (unpaired) electrons. The van der Waals surface area contributed by atoms with E-state index in [2.05, 4.69) is 14.8 Å². The summed E-state index contributed by atoms with van der Waals surface area (Å²) in [6, 6.07) is 7.86. The van der Waals surface area contributed by atoms with Crippen molar-refractivity contribution in [3.05, 3.63) is 30.1 Å². The molecule has 19 heavy (non-hydrogen) atoms. The Balaban J connectivity index is 2.08. The average molecular weight is 259 g/mol. The van der Waals surface area contributed by atoms with Crippen LogP contribution in [-0.2, 0) is 6.42 Å². The minimum absolute atomic E-state index is 0.0833. The molecule has 0 bridgehead atoms. The SMILES string of the molecule is COc1cccc(-c2nnc3n2C(CO)CCC3)c1. The molecule has 3 rings (SSSR count). The van der Waals surface area contributed by atoms with Gasteiger partial charge in [0.1, 0.15) is 11.6 Å². The van der Waals surface area contributed by atoms with Crippen LogP contribution in [0.2, 0.25) is 0 Å². The summed E-state index contributed by atoms with van der Waals surface area (Å²) in [5, 5.41) is 18.1. The van der Waals surface area contributed by atoms with Crippen molar-refractivity contribution in [3.8, 4) is 17.1 Å². The summed E-state index contributed by atoms with van der Waals surface area (Å²) in [6.45, 7) is 0.127. The summed E-state index contributed by atoms with van der Waals surface area (Å²) < 4.78 is 7.31. The van der Waals surface area contributed by atoms with Crippen LogP contribution in [0.25, 0.3) is 11.4 Å². The van der Waals surface area contributed by atoms with E-state index in [1.165, 1.54) is 0 Å². The van der Waals surface area contributed by atoms with E-state index >= 15 is 0 Å². The molecule has 0 spiro atoms. The van der Waals surface area contributed by atoms with Crippen LogP contribution in [0, 0.1) is 0 Å². The number of hydrogen-bond donors (Lipinski definition) is 1. The van der Waals surface area contributed by atoms with Crippen LogP contribution in [0.3, 0.4) is 0 Å². The number of hydrogen-bond acceptors (Lipinski definition) is 4. The van der Waals surface area contributed by atoms with Crippen LogP contribution in [0.1, 0.15) is 24.7 Å². The maximum atomic E-state index is 9.53. The molecule has 0 saturated carbocycles. The molecule has 0 fully saturated rings. The van der Waals surface area contributed by atoms with E-state index in [-0.39, 0.29) is 12.6 Å². The van der Waals surface area contributed by atoms with Crippen LogP contribution in [-0.4, -0.2) is 33.6 Å². The lowest BCUT2D eigenvalue weighted by atomic mass is 10.0. The number of aliphatic hydroxyl groups excluding tert-OH is 1. The van der Waals surface area contributed by atoms with Gasteiger partial charge >= 0.3 is 0 Å². The summed E-state index contributed by atoms with van der Waals surface area (Å²) in [5.41, 5.74) is 0.971. The highest BCUT2D eigenvalue weighted by Gasteiger charge is 2.24. The molecule has 100 valence electrons. The Bertz CT molecular complexity index is 580. The number of rotatable bonds is 3. The second-order valence-corrected chi connectivity index (χ2v) is 4.77. The zero-order valence-electron chi connectivity index (χ0n) is 10.9. The molecular formula is C14H17N3O2.